The molecule has 0 radical (unpaired) electrons. The SMILES string of the molecule is CCOC(=O)CC#Cc1cc(C(C)(C)C)cc(C(C)(C)C)c1O. The molecule has 0 bridgehead atoms. The molecule has 1 rings (SSSR count). The van der Waals surface area contributed by atoms with Crippen LogP contribution in [0.1, 0.15) is 71.6 Å². The lowest BCUT2D eigenvalue weighted by molar-refractivity contribution is -0.141. The van der Waals surface area contributed by atoms with Gasteiger partial charge in [0.05, 0.1) is 12.2 Å². The van der Waals surface area contributed by atoms with Crippen LogP contribution >= 0.6 is 0 Å². The first-order valence-electron chi connectivity index (χ1n) is 7.99. The molecule has 3 heteroatoms. The summed E-state index contributed by atoms with van der Waals surface area (Å²) in [5.41, 5.74) is 2.30. The Labute approximate surface area is 140 Å². The number of esters is 1. The zero-order valence-electron chi connectivity index (χ0n) is 15.3. The van der Waals surface area contributed by atoms with E-state index in [-0.39, 0.29) is 29.0 Å². The van der Waals surface area contributed by atoms with Gasteiger partial charge in [-0.15, -0.1) is 0 Å². The Hall–Kier alpha value is -1.95. The van der Waals surface area contributed by atoms with Crippen LogP contribution in [0.4, 0.5) is 0 Å². The minimum absolute atomic E-state index is 0.0257. The van der Waals surface area contributed by atoms with Crippen molar-refractivity contribution in [2.75, 3.05) is 6.61 Å². The third-order valence-corrected chi connectivity index (χ3v) is 3.55. The summed E-state index contributed by atoms with van der Waals surface area (Å²) in [5.74, 6) is 5.58. The topological polar surface area (TPSA) is 46.5 Å². The van der Waals surface area contributed by atoms with Crippen molar-refractivity contribution in [2.24, 2.45) is 0 Å². The molecular formula is C20H28O3. The molecule has 126 valence electrons. The minimum atomic E-state index is -0.345. The maximum absolute atomic E-state index is 11.4. The van der Waals surface area contributed by atoms with Gasteiger partial charge < -0.3 is 9.84 Å². The van der Waals surface area contributed by atoms with E-state index in [1.807, 2.05) is 12.1 Å². The number of aromatic hydroxyl groups is 1. The van der Waals surface area contributed by atoms with E-state index >= 15 is 0 Å². The highest BCUT2D eigenvalue weighted by atomic mass is 16.5. The minimum Gasteiger partial charge on any atom is -0.506 e. The molecular weight excluding hydrogens is 288 g/mol. The van der Waals surface area contributed by atoms with Crippen LogP contribution in [0.5, 0.6) is 5.75 Å². The Balaban J connectivity index is 3.31. The molecule has 1 aromatic rings. The van der Waals surface area contributed by atoms with Crippen molar-refractivity contribution >= 4 is 5.97 Å². The molecule has 1 N–H and O–H groups in total. The predicted octanol–water partition coefficient (Wildman–Crippen LogP) is 4.29. The van der Waals surface area contributed by atoms with Crippen LogP contribution in [0.15, 0.2) is 12.1 Å². The van der Waals surface area contributed by atoms with Crippen molar-refractivity contribution in [2.45, 2.75) is 65.7 Å². The average Bonchev–Trinajstić information content (AvgIpc) is 2.38. The smallest absolute Gasteiger partial charge is 0.317 e. The normalized spacial score (nSPS) is 11.6. The van der Waals surface area contributed by atoms with Gasteiger partial charge in [-0.3, -0.25) is 4.79 Å². The number of phenolic OH excluding ortho intramolecular Hbond substituents is 1. The van der Waals surface area contributed by atoms with Crippen LogP contribution in [0, 0.1) is 11.8 Å². The molecule has 3 nitrogen and oxygen atoms in total. The molecule has 0 saturated carbocycles. The molecule has 23 heavy (non-hydrogen) atoms. The standard InChI is InChI=1S/C20H28O3/c1-8-23-17(21)11-9-10-14-12-15(19(2,3)4)13-16(18(14)22)20(5,6)7/h12-13,22H,8,11H2,1-7H3. The van der Waals surface area contributed by atoms with Gasteiger partial charge in [-0.1, -0.05) is 59.4 Å². The first kappa shape index (κ1) is 19.1. The van der Waals surface area contributed by atoms with Gasteiger partial charge in [0.15, 0.2) is 0 Å². The molecule has 0 spiro atoms. The van der Waals surface area contributed by atoms with Gasteiger partial charge in [-0.2, -0.15) is 0 Å². The number of ether oxygens (including phenoxy) is 1. The second-order valence-electron chi connectivity index (χ2n) is 7.70. The van der Waals surface area contributed by atoms with Crippen molar-refractivity contribution < 1.29 is 14.6 Å². The summed E-state index contributed by atoms with van der Waals surface area (Å²) in [6, 6.07) is 3.95. The van der Waals surface area contributed by atoms with Crippen molar-refractivity contribution in [3.05, 3.63) is 28.8 Å². The highest BCUT2D eigenvalue weighted by molar-refractivity contribution is 5.72. The summed E-state index contributed by atoms with van der Waals surface area (Å²) in [6.07, 6.45) is 0.0257. The van der Waals surface area contributed by atoms with E-state index in [1.165, 1.54) is 0 Å². The summed E-state index contributed by atoms with van der Waals surface area (Å²) >= 11 is 0. The third kappa shape index (κ3) is 5.32. The highest BCUT2D eigenvalue weighted by Gasteiger charge is 2.24. The number of carbonyl (C=O) groups excluding carboxylic acids is 1. The van der Waals surface area contributed by atoms with Crippen molar-refractivity contribution in [1.29, 1.82) is 0 Å². The van der Waals surface area contributed by atoms with Crippen molar-refractivity contribution in [1.82, 2.24) is 0 Å². The van der Waals surface area contributed by atoms with E-state index < -0.39 is 0 Å². The Bertz CT molecular complexity index is 632. The van der Waals surface area contributed by atoms with E-state index in [1.54, 1.807) is 6.92 Å². The number of benzene rings is 1. The number of hydrogen-bond donors (Lipinski definition) is 1. The van der Waals surface area contributed by atoms with Gasteiger partial charge in [0.1, 0.15) is 12.2 Å². The van der Waals surface area contributed by atoms with Crippen LogP contribution in [-0.2, 0) is 20.4 Å². The first-order valence-corrected chi connectivity index (χ1v) is 7.99. The lowest BCUT2D eigenvalue weighted by Crippen LogP contribution is -2.17. The number of hydrogen-bond acceptors (Lipinski definition) is 3. The Morgan fingerprint density at radius 1 is 1.13 bits per heavy atom. The number of carbonyl (C=O) groups is 1. The molecule has 0 aliphatic rings. The van der Waals surface area contributed by atoms with Gasteiger partial charge in [0.25, 0.3) is 0 Å². The average molecular weight is 316 g/mol. The fourth-order valence-electron chi connectivity index (χ4n) is 2.16. The molecule has 0 saturated heterocycles. The molecule has 0 heterocycles. The highest BCUT2D eigenvalue weighted by Crippen LogP contribution is 2.37. The lowest BCUT2D eigenvalue weighted by atomic mass is 9.79. The zero-order chi connectivity index (χ0) is 17.8. The fraction of sp³-hybridized carbons (Fsp3) is 0.550. The summed E-state index contributed by atoms with van der Waals surface area (Å²) in [6.45, 7) is 14.7. The Kier molecular flexibility index (Phi) is 5.88. The second-order valence-corrected chi connectivity index (χ2v) is 7.70. The number of rotatable bonds is 2. The van der Waals surface area contributed by atoms with Crippen molar-refractivity contribution in [3.63, 3.8) is 0 Å². The largest absolute Gasteiger partial charge is 0.506 e. The third-order valence-electron chi connectivity index (χ3n) is 3.55. The van der Waals surface area contributed by atoms with Gasteiger partial charge >= 0.3 is 5.97 Å². The number of phenols is 1. The van der Waals surface area contributed by atoms with Gasteiger partial charge in [0, 0.05) is 5.56 Å². The zero-order valence-corrected chi connectivity index (χ0v) is 15.3. The van der Waals surface area contributed by atoms with E-state index in [4.69, 9.17) is 4.74 Å². The predicted molar refractivity (Wildman–Crippen MR) is 93.6 cm³/mol. The van der Waals surface area contributed by atoms with E-state index in [0.717, 1.165) is 11.1 Å². The molecule has 0 aliphatic heterocycles. The van der Waals surface area contributed by atoms with Gasteiger partial charge in [-0.05, 0) is 29.4 Å². The summed E-state index contributed by atoms with van der Waals surface area (Å²) in [5, 5.41) is 10.6. The molecule has 0 unspecified atom stereocenters. The quantitative estimate of drug-likeness (QED) is 0.654. The molecule has 0 atom stereocenters. The molecule has 0 aromatic heterocycles. The van der Waals surface area contributed by atoms with Crippen LogP contribution < -0.4 is 0 Å². The maximum Gasteiger partial charge on any atom is 0.317 e. The summed E-state index contributed by atoms with van der Waals surface area (Å²) in [7, 11) is 0. The van der Waals surface area contributed by atoms with Crippen molar-refractivity contribution in [3.8, 4) is 17.6 Å². The second kappa shape index (κ2) is 7.08. The molecule has 0 amide bonds. The summed E-state index contributed by atoms with van der Waals surface area (Å²) < 4.78 is 4.86. The first-order chi connectivity index (χ1) is 10.5. The van der Waals surface area contributed by atoms with Gasteiger partial charge in [0.2, 0.25) is 0 Å². The fourth-order valence-corrected chi connectivity index (χ4v) is 2.16. The molecule has 0 fully saturated rings. The van der Waals surface area contributed by atoms with E-state index in [9.17, 15) is 9.90 Å². The van der Waals surface area contributed by atoms with Crippen LogP contribution in [-0.4, -0.2) is 17.7 Å². The van der Waals surface area contributed by atoms with Crippen LogP contribution in [0.25, 0.3) is 0 Å². The van der Waals surface area contributed by atoms with E-state index in [2.05, 4.69) is 53.4 Å². The maximum atomic E-state index is 11.4. The van der Waals surface area contributed by atoms with Gasteiger partial charge in [-0.25, -0.2) is 0 Å². The van der Waals surface area contributed by atoms with Crippen LogP contribution in [0.3, 0.4) is 0 Å². The molecule has 1 aromatic carbocycles. The monoisotopic (exact) mass is 316 g/mol. The Morgan fingerprint density at radius 2 is 1.74 bits per heavy atom. The Morgan fingerprint density at radius 3 is 2.22 bits per heavy atom. The summed E-state index contributed by atoms with van der Waals surface area (Å²) in [4.78, 5) is 11.4. The van der Waals surface area contributed by atoms with E-state index in [0.29, 0.717) is 12.2 Å². The lowest BCUT2D eigenvalue weighted by Gasteiger charge is -2.26. The van der Waals surface area contributed by atoms with Crippen LogP contribution in [0.2, 0.25) is 0 Å². The molecule has 0 aliphatic carbocycles.